The highest BCUT2D eigenvalue weighted by Gasteiger charge is 2.11. The third-order valence-electron chi connectivity index (χ3n) is 2.52. The second-order valence-electron chi connectivity index (χ2n) is 3.40. The van der Waals surface area contributed by atoms with Crippen molar-refractivity contribution in [3.05, 3.63) is 29.6 Å². The molecule has 0 N–H and O–H groups in total. The van der Waals surface area contributed by atoms with Gasteiger partial charge in [0.2, 0.25) is 0 Å². The molecule has 1 rings (SSSR count). The van der Waals surface area contributed by atoms with Crippen molar-refractivity contribution >= 4 is 6.29 Å². The maximum Gasteiger partial charge on any atom is 0.165 e. The Morgan fingerprint density at radius 3 is 2.73 bits per heavy atom. The van der Waals surface area contributed by atoms with Gasteiger partial charge in [0, 0.05) is 6.42 Å². The first-order valence-corrected chi connectivity index (χ1v) is 5.00. The van der Waals surface area contributed by atoms with Crippen molar-refractivity contribution in [1.29, 1.82) is 0 Å². The minimum absolute atomic E-state index is 0.0999. The highest BCUT2D eigenvalue weighted by Crippen LogP contribution is 2.26. The van der Waals surface area contributed by atoms with Gasteiger partial charge >= 0.3 is 0 Å². The molecule has 0 heterocycles. The number of carbonyl (C=O) groups excluding carboxylic acids is 1. The zero-order valence-corrected chi connectivity index (χ0v) is 9.00. The van der Waals surface area contributed by atoms with Crippen LogP contribution in [-0.4, -0.2) is 13.4 Å². The van der Waals surface area contributed by atoms with Crippen LogP contribution in [0.2, 0.25) is 0 Å². The number of carbonyl (C=O) groups is 1. The number of halogens is 1. The molecule has 1 aromatic rings. The van der Waals surface area contributed by atoms with Gasteiger partial charge in [-0.1, -0.05) is 13.0 Å². The van der Waals surface area contributed by atoms with Gasteiger partial charge in [0.15, 0.2) is 11.6 Å². The number of aldehydes is 1. The van der Waals surface area contributed by atoms with Crippen LogP contribution in [0.5, 0.6) is 5.75 Å². The van der Waals surface area contributed by atoms with E-state index in [4.69, 9.17) is 4.74 Å². The summed E-state index contributed by atoms with van der Waals surface area (Å²) in [5.74, 6) is -0.0399. The molecule has 3 heteroatoms. The molecule has 0 aliphatic carbocycles. The van der Waals surface area contributed by atoms with Gasteiger partial charge in [-0.05, 0) is 30.0 Å². The lowest BCUT2D eigenvalue weighted by molar-refractivity contribution is -0.108. The van der Waals surface area contributed by atoms with Gasteiger partial charge in [-0.3, -0.25) is 0 Å². The number of ether oxygens (including phenoxy) is 1. The molecule has 0 saturated carbocycles. The van der Waals surface area contributed by atoms with Crippen molar-refractivity contribution in [3.63, 3.8) is 0 Å². The minimum Gasteiger partial charge on any atom is -0.494 e. The molecule has 0 aliphatic rings. The fourth-order valence-corrected chi connectivity index (χ4v) is 1.59. The smallest absolute Gasteiger partial charge is 0.165 e. The molecule has 0 spiro atoms. The predicted molar refractivity (Wildman–Crippen MR) is 56.7 cm³/mol. The SMILES string of the molecule is CCC(CC=O)c1ccc(OC)c(F)c1. The van der Waals surface area contributed by atoms with E-state index in [1.807, 2.05) is 6.92 Å². The van der Waals surface area contributed by atoms with E-state index >= 15 is 0 Å². The topological polar surface area (TPSA) is 26.3 Å². The van der Waals surface area contributed by atoms with Crippen LogP contribution in [0.4, 0.5) is 4.39 Å². The van der Waals surface area contributed by atoms with E-state index in [0.717, 1.165) is 18.3 Å². The monoisotopic (exact) mass is 210 g/mol. The van der Waals surface area contributed by atoms with E-state index < -0.39 is 0 Å². The first-order valence-electron chi connectivity index (χ1n) is 5.00. The van der Waals surface area contributed by atoms with E-state index in [1.165, 1.54) is 13.2 Å². The summed E-state index contributed by atoms with van der Waals surface area (Å²) in [4.78, 5) is 10.4. The normalized spacial score (nSPS) is 12.2. The van der Waals surface area contributed by atoms with Gasteiger partial charge < -0.3 is 9.53 Å². The lowest BCUT2D eigenvalue weighted by Gasteiger charge is -2.12. The Balaban J connectivity index is 2.94. The van der Waals surface area contributed by atoms with Gasteiger partial charge in [0.1, 0.15) is 6.29 Å². The van der Waals surface area contributed by atoms with Crippen molar-refractivity contribution in [1.82, 2.24) is 0 Å². The summed E-state index contributed by atoms with van der Waals surface area (Å²) in [6, 6.07) is 4.84. The summed E-state index contributed by atoms with van der Waals surface area (Å²) in [5.41, 5.74) is 0.850. The minimum atomic E-state index is -0.376. The largest absolute Gasteiger partial charge is 0.494 e. The first kappa shape index (κ1) is 11.7. The van der Waals surface area contributed by atoms with Crippen LogP contribution in [0.3, 0.4) is 0 Å². The fraction of sp³-hybridized carbons (Fsp3) is 0.417. The molecular formula is C12H15FO2. The molecule has 0 amide bonds. The zero-order valence-electron chi connectivity index (χ0n) is 9.00. The summed E-state index contributed by atoms with van der Waals surface area (Å²) >= 11 is 0. The van der Waals surface area contributed by atoms with Crippen LogP contribution < -0.4 is 4.74 Å². The molecule has 0 aromatic heterocycles. The van der Waals surface area contributed by atoms with E-state index in [2.05, 4.69) is 0 Å². The van der Waals surface area contributed by atoms with Crippen molar-refractivity contribution in [2.75, 3.05) is 7.11 Å². The molecule has 0 aliphatic heterocycles. The Labute approximate surface area is 89.1 Å². The van der Waals surface area contributed by atoms with Crippen LogP contribution in [0.1, 0.15) is 31.2 Å². The molecule has 0 saturated heterocycles. The van der Waals surface area contributed by atoms with Crippen LogP contribution >= 0.6 is 0 Å². The number of methoxy groups -OCH3 is 1. The molecule has 1 unspecified atom stereocenters. The maximum atomic E-state index is 13.4. The summed E-state index contributed by atoms with van der Waals surface area (Å²) in [6.45, 7) is 1.98. The molecule has 1 aromatic carbocycles. The number of rotatable bonds is 5. The number of hydrogen-bond acceptors (Lipinski definition) is 2. The predicted octanol–water partition coefficient (Wildman–Crippen LogP) is 2.92. The second-order valence-corrected chi connectivity index (χ2v) is 3.40. The molecular weight excluding hydrogens is 195 g/mol. The Morgan fingerprint density at radius 2 is 2.27 bits per heavy atom. The van der Waals surface area contributed by atoms with E-state index in [0.29, 0.717) is 6.42 Å². The Bertz CT molecular complexity index is 336. The molecule has 2 nitrogen and oxygen atoms in total. The van der Waals surface area contributed by atoms with Crippen LogP contribution in [0.25, 0.3) is 0 Å². The van der Waals surface area contributed by atoms with Gasteiger partial charge in [-0.25, -0.2) is 4.39 Å². The summed E-state index contributed by atoms with van der Waals surface area (Å²) in [7, 11) is 1.43. The maximum absolute atomic E-state index is 13.4. The van der Waals surface area contributed by atoms with Crippen molar-refractivity contribution in [3.8, 4) is 5.75 Å². The van der Waals surface area contributed by atoms with Crippen LogP contribution in [0.15, 0.2) is 18.2 Å². The Kier molecular flexibility index (Phi) is 4.28. The summed E-state index contributed by atoms with van der Waals surface area (Å²) in [6.07, 6.45) is 2.13. The van der Waals surface area contributed by atoms with E-state index in [9.17, 15) is 9.18 Å². The number of benzene rings is 1. The van der Waals surface area contributed by atoms with Gasteiger partial charge in [0.05, 0.1) is 7.11 Å². The summed E-state index contributed by atoms with van der Waals surface area (Å²) in [5, 5.41) is 0. The lowest BCUT2D eigenvalue weighted by atomic mass is 9.94. The molecule has 0 bridgehead atoms. The van der Waals surface area contributed by atoms with Gasteiger partial charge in [-0.15, -0.1) is 0 Å². The Hall–Kier alpha value is -1.38. The van der Waals surface area contributed by atoms with Crippen molar-refractivity contribution in [2.24, 2.45) is 0 Å². The highest BCUT2D eigenvalue weighted by atomic mass is 19.1. The fourth-order valence-electron chi connectivity index (χ4n) is 1.59. The van der Waals surface area contributed by atoms with Crippen LogP contribution in [-0.2, 0) is 4.79 Å². The van der Waals surface area contributed by atoms with Crippen molar-refractivity contribution < 1.29 is 13.9 Å². The van der Waals surface area contributed by atoms with Gasteiger partial charge in [0.25, 0.3) is 0 Å². The Morgan fingerprint density at radius 1 is 1.53 bits per heavy atom. The standard InChI is InChI=1S/C12H15FO2/c1-3-9(6-7-14)10-4-5-12(15-2)11(13)8-10/h4-5,7-9H,3,6H2,1-2H3. The van der Waals surface area contributed by atoms with Gasteiger partial charge in [-0.2, -0.15) is 0 Å². The zero-order chi connectivity index (χ0) is 11.3. The second kappa shape index (κ2) is 5.49. The lowest BCUT2D eigenvalue weighted by Crippen LogP contribution is -1.99. The molecule has 0 fully saturated rings. The average Bonchev–Trinajstić information content (AvgIpc) is 2.25. The molecule has 82 valence electrons. The third kappa shape index (κ3) is 2.78. The summed E-state index contributed by atoms with van der Waals surface area (Å²) < 4.78 is 18.2. The van der Waals surface area contributed by atoms with Crippen molar-refractivity contribution in [2.45, 2.75) is 25.7 Å². The molecule has 1 atom stereocenters. The molecule has 15 heavy (non-hydrogen) atoms. The highest BCUT2D eigenvalue weighted by molar-refractivity contribution is 5.51. The first-order chi connectivity index (χ1) is 7.22. The van der Waals surface area contributed by atoms with E-state index in [-0.39, 0.29) is 17.5 Å². The van der Waals surface area contributed by atoms with Crippen LogP contribution in [0, 0.1) is 5.82 Å². The third-order valence-corrected chi connectivity index (χ3v) is 2.52. The quantitative estimate of drug-likeness (QED) is 0.698. The number of hydrogen-bond donors (Lipinski definition) is 0. The van der Waals surface area contributed by atoms with E-state index in [1.54, 1.807) is 12.1 Å². The molecule has 0 radical (unpaired) electrons. The average molecular weight is 210 g/mol.